The molecule has 1 unspecified atom stereocenters. The van der Waals surface area contributed by atoms with Crippen LogP contribution in [-0.4, -0.2) is 39.5 Å². The number of hydrazone groups is 1. The summed E-state index contributed by atoms with van der Waals surface area (Å²) in [6, 6.07) is 15.8. The summed E-state index contributed by atoms with van der Waals surface area (Å²) in [5.74, 6) is -5.28. The summed E-state index contributed by atoms with van der Waals surface area (Å²) in [4.78, 5) is 25.2. The Labute approximate surface area is 347 Å². The molecule has 10 nitrogen and oxygen atoms in total. The molecule has 1 aliphatic rings. The van der Waals surface area contributed by atoms with Crippen molar-refractivity contribution in [1.82, 2.24) is 9.78 Å². The monoisotopic (exact) mass is 1040 g/mol. The van der Waals surface area contributed by atoms with Gasteiger partial charge in [0.05, 0.1) is 33.9 Å². The fourth-order valence-corrected chi connectivity index (χ4v) is 5.96. The molecule has 0 bridgehead atoms. The number of nitriles is 2. The molecule has 0 saturated heterocycles. The maximum Gasteiger partial charge on any atom is 0.435 e. The number of benzene rings is 4. The number of rotatable bonds is 6. The molecule has 22 heteroatoms. The second-order valence-electron chi connectivity index (χ2n) is 11.7. The van der Waals surface area contributed by atoms with Crippen molar-refractivity contribution in [2.24, 2.45) is 5.10 Å². The Morgan fingerprint density at radius 1 is 0.690 bits per heavy atom. The molecule has 0 fully saturated rings. The van der Waals surface area contributed by atoms with Crippen LogP contribution in [0.3, 0.4) is 0 Å². The first-order valence-electron chi connectivity index (χ1n) is 15.7. The van der Waals surface area contributed by atoms with Crippen LogP contribution in [0.4, 0.5) is 61.0 Å². The Hall–Kier alpha value is -5.76. The zero-order valence-corrected chi connectivity index (χ0v) is 32.6. The van der Waals surface area contributed by atoms with E-state index in [1.165, 1.54) is 24.3 Å². The van der Waals surface area contributed by atoms with Crippen LogP contribution in [0.2, 0.25) is 0 Å². The van der Waals surface area contributed by atoms with Gasteiger partial charge in [-0.25, -0.2) is 22.2 Å². The number of amides is 2. The van der Waals surface area contributed by atoms with Crippen molar-refractivity contribution in [3.8, 4) is 17.8 Å². The molecule has 0 saturated carbocycles. The Morgan fingerprint density at radius 2 is 1.21 bits per heavy atom. The molecule has 1 aromatic heterocycles. The number of alkyl halides is 6. The maximum absolute atomic E-state index is 14.0. The highest BCUT2D eigenvalue weighted by molar-refractivity contribution is 14.1. The fraction of sp³-hybridized carbons (Fsp3) is 0.111. The van der Waals surface area contributed by atoms with Gasteiger partial charge in [0, 0.05) is 19.6 Å². The molecule has 0 radical (unpaired) electrons. The number of carbonyl (C=O) groups excluding carboxylic acids is 2. The van der Waals surface area contributed by atoms with E-state index in [9.17, 15) is 53.5 Å². The molecule has 2 heterocycles. The third-order valence-corrected chi connectivity index (χ3v) is 9.13. The summed E-state index contributed by atoms with van der Waals surface area (Å²) in [5, 5.41) is 29.9. The lowest BCUT2D eigenvalue weighted by molar-refractivity contribution is -0.141. The maximum atomic E-state index is 14.0. The highest BCUT2D eigenvalue weighted by Gasteiger charge is 2.46. The summed E-state index contributed by atoms with van der Waals surface area (Å²) >= 11 is 3.72. The van der Waals surface area contributed by atoms with Crippen molar-refractivity contribution in [2.45, 2.75) is 24.8 Å². The van der Waals surface area contributed by atoms with Gasteiger partial charge in [0.2, 0.25) is 5.91 Å². The zero-order valence-electron chi connectivity index (χ0n) is 28.3. The Bertz CT molecular complexity index is 2550. The van der Waals surface area contributed by atoms with Gasteiger partial charge in [0.15, 0.2) is 5.69 Å². The quantitative estimate of drug-likeness (QED) is 0.128. The molecule has 0 aliphatic carbocycles. The topological polar surface area (TPSA) is 139 Å². The summed E-state index contributed by atoms with van der Waals surface area (Å²) in [6.07, 6.45) is -10.5. The van der Waals surface area contributed by atoms with Crippen molar-refractivity contribution in [3.63, 3.8) is 0 Å². The minimum absolute atomic E-state index is 0.0783. The SMILES string of the molecule is N#Cc1cc(-n2nc(C(F)(F)F)cc2C(=O)Nc2ccc(I)cc2F)ccc1F.N#Cc1cc(N2N=C(C(F)(F)F)CC2C(=O)Nc2ccc(I)cc2F)ccc1F. The van der Waals surface area contributed by atoms with Crippen molar-refractivity contribution in [2.75, 3.05) is 15.6 Å². The van der Waals surface area contributed by atoms with Gasteiger partial charge in [0.25, 0.3) is 5.91 Å². The molecule has 0 spiro atoms. The van der Waals surface area contributed by atoms with Gasteiger partial charge in [0.1, 0.15) is 52.9 Å². The number of anilines is 3. The molecule has 1 atom stereocenters. The van der Waals surface area contributed by atoms with Gasteiger partial charge in [-0.15, -0.1) is 0 Å². The normalized spacial score (nSPS) is 13.8. The van der Waals surface area contributed by atoms with Gasteiger partial charge in [-0.05, 0) is 118 Å². The third-order valence-electron chi connectivity index (χ3n) is 7.79. The average Bonchev–Trinajstić information content (AvgIpc) is 3.82. The van der Waals surface area contributed by atoms with Gasteiger partial charge >= 0.3 is 12.4 Å². The fourth-order valence-electron chi connectivity index (χ4n) is 5.06. The molecule has 298 valence electrons. The van der Waals surface area contributed by atoms with E-state index >= 15 is 0 Å². The van der Waals surface area contributed by atoms with E-state index in [-0.39, 0.29) is 22.7 Å². The lowest BCUT2D eigenvalue weighted by Gasteiger charge is -2.23. The highest BCUT2D eigenvalue weighted by Crippen LogP contribution is 2.34. The molecular weight excluding hydrogens is 1020 g/mol. The lowest BCUT2D eigenvalue weighted by Crippen LogP contribution is -2.39. The van der Waals surface area contributed by atoms with E-state index < -0.39 is 88.1 Å². The molecule has 4 aromatic carbocycles. The number of carbonyl (C=O) groups is 2. The van der Waals surface area contributed by atoms with Crippen LogP contribution < -0.4 is 15.6 Å². The number of halogens is 12. The van der Waals surface area contributed by atoms with E-state index in [0.29, 0.717) is 17.9 Å². The first-order chi connectivity index (χ1) is 27.2. The van der Waals surface area contributed by atoms with Crippen molar-refractivity contribution in [3.05, 3.63) is 132 Å². The van der Waals surface area contributed by atoms with Crippen LogP contribution in [0.25, 0.3) is 5.69 Å². The highest BCUT2D eigenvalue weighted by atomic mass is 127. The first kappa shape index (κ1) is 43.4. The predicted octanol–water partition coefficient (Wildman–Crippen LogP) is 9.47. The zero-order chi connectivity index (χ0) is 42.7. The minimum Gasteiger partial charge on any atom is -0.322 e. The first-order valence-corrected chi connectivity index (χ1v) is 17.9. The van der Waals surface area contributed by atoms with Gasteiger partial charge in [-0.3, -0.25) is 14.6 Å². The van der Waals surface area contributed by atoms with Crippen molar-refractivity contribution in [1.29, 1.82) is 10.5 Å². The largest absolute Gasteiger partial charge is 0.435 e. The van der Waals surface area contributed by atoms with Crippen molar-refractivity contribution >= 4 is 79.8 Å². The van der Waals surface area contributed by atoms with Gasteiger partial charge in [-0.2, -0.15) is 47.1 Å². The second kappa shape index (κ2) is 17.4. The molecular formula is C36H18F10I2N8O2. The number of aromatic nitrogens is 2. The number of nitrogens with zero attached hydrogens (tertiary/aromatic N) is 6. The molecule has 5 aromatic rings. The summed E-state index contributed by atoms with van der Waals surface area (Å²) < 4.78 is 136. The van der Waals surface area contributed by atoms with Crippen LogP contribution in [0.1, 0.15) is 33.7 Å². The molecule has 1 aliphatic heterocycles. The van der Waals surface area contributed by atoms with E-state index in [0.717, 1.165) is 53.5 Å². The number of hydrogen-bond acceptors (Lipinski definition) is 7. The van der Waals surface area contributed by atoms with Crippen LogP contribution in [0, 0.1) is 53.1 Å². The number of hydrogen-bond donors (Lipinski definition) is 2. The van der Waals surface area contributed by atoms with Crippen LogP contribution in [0.5, 0.6) is 0 Å². The Morgan fingerprint density at radius 3 is 1.71 bits per heavy atom. The molecule has 2 N–H and O–H groups in total. The molecule has 58 heavy (non-hydrogen) atoms. The van der Waals surface area contributed by atoms with E-state index in [2.05, 4.69) is 20.8 Å². The minimum atomic E-state index is -4.87. The second-order valence-corrected chi connectivity index (χ2v) is 14.2. The van der Waals surface area contributed by atoms with Gasteiger partial charge in [-0.1, -0.05) is 0 Å². The summed E-state index contributed by atoms with van der Waals surface area (Å²) in [7, 11) is 0. The smallest absolute Gasteiger partial charge is 0.322 e. The summed E-state index contributed by atoms with van der Waals surface area (Å²) in [5.41, 5.74) is -4.70. The van der Waals surface area contributed by atoms with E-state index in [4.69, 9.17) is 10.5 Å². The number of nitrogens with one attached hydrogen (secondary N) is 2. The standard InChI is InChI=1S/C18H10F5IN4O.C18H8F5IN4O/c2*19-12-3-2-11(5-9(12)8-25)28-15(7-16(27-28)18(21,22)23)17(29)26-14-4-1-10(24)6-13(14)20/h1-6,15H,7H2,(H,26,29);1-7H,(H,26,29). The van der Waals surface area contributed by atoms with Crippen LogP contribution in [-0.2, 0) is 11.0 Å². The average molecular weight is 1040 g/mol. The molecule has 6 rings (SSSR count). The van der Waals surface area contributed by atoms with Gasteiger partial charge < -0.3 is 10.6 Å². The van der Waals surface area contributed by atoms with Crippen LogP contribution >= 0.6 is 45.2 Å². The Kier molecular flexibility index (Phi) is 13.0. The van der Waals surface area contributed by atoms with E-state index in [1.54, 1.807) is 12.1 Å². The summed E-state index contributed by atoms with van der Waals surface area (Å²) in [6.45, 7) is 0. The van der Waals surface area contributed by atoms with Crippen LogP contribution in [0.15, 0.2) is 84.0 Å². The third kappa shape index (κ3) is 10.0. The van der Waals surface area contributed by atoms with E-state index in [1.807, 2.05) is 45.2 Å². The molecule has 2 amide bonds. The van der Waals surface area contributed by atoms with Crippen molar-refractivity contribution < 1.29 is 53.5 Å². The Balaban J connectivity index is 0.000000221. The lowest BCUT2D eigenvalue weighted by atomic mass is 10.1. The predicted molar refractivity (Wildman–Crippen MR) is 204 cm³/mol.